The number of nitrogen functional groups attached to an aromatic ring is 1. The molecule has 0 bridgehead atoms. The zero-order valence-corrected chi connectivity index (χ0v) is 7.92. The molecule has 2 nitrogen and oxygen atoms in total. The summed E-state index contributed by atoms with van der Waals surface area (Å²) in [5.41, 5.74) is 7.25. The average molecular weight is 190 g/mol. The topological polar surface area (TPSA) is 38.9 Å². The van der Waals surface area contributed by atoms with Crippen LogP contribution in [0.25, 0.3) is 10.9 Å². The monoisotopic (exact) mass is 190 g/mol. The van der Waals surface area contributed by atoms with E-state index in [0.717, 1.165) is 17.5 Å². The number of hydrogen-bond acceptors (Lipinski definition) is 2. The maximum atomic E-state index is 13.4. The molecule has 72 valence electrons. The molecule has 2 N–H and O–H groups in total. The van der Waals surface area contributed by atoms with Crippen molar-refractivity contribution in [3.8, 4) is 0 Å². The van der Waals surface area contributed by atoms with Crippen LogP contribution in [-0.4, -0.2) is 4.98 Å². The molecule has 0 atom stereocenters. The minimum atomic E-state index is -0.352. The zero-order valence-electron chi connectivity index (χ0n) is 7.92. The van der Waals surface area contributed by atoms with E-state index in [-0.39, 0.29) is 5.82 Å². The number of rotatable bonds is 1. The molecule has 2 aromatic rings. The maximum absolute atomic E-state index is 13.4. The summed E-state index contributed by atoms with van der Waals surface area (Å²) in [6.45, 7) is 1.99. The van der Waals surface area contributed by atoms with Crippen LogP contribution in [0.1, 0.15) is 12.6 Å². The number of pyridine rings is 1. The van der Waals surface area contributed by atoms with Crippen molar-refractivity contribution >= 4 is 16.6 Å². The molecule has 3 heteroatoms. The van der Waals surface area contributed by atoms with Gasteiger partial charge in [0.15, 0.2) is 5.82 Å². The van der Waals surface area contributed by atoms with Crippen molar-refractivity contribution in [1.29, 1.82) is 0 Å². The quantitative estimate of drug-likeness (QED) is 0.702. The first-order chi connectivity index (χ1) is 6.70. The molecule has 0 aliphatic rings. The van der Waals surface area contributed by atoms with Crippen molar-refractivity contribution in [2.24, 2.45) is 0 Å². The first kappa shape index (κ1) is 8.94. The molecule has 0 saturated carbocycles. The largest absolute Gasteiger partial charge is 0.399 e. The van der Waals surface area contributed by atoms with Crippen LogP contribution < -0.4 is 5.73 Å². The lowest BCUT2D eigenvalue weighted by Crippen LogP contribution is -1.93. The van der Waals surface area contributed by atoms with Crippen LogP contribution in [0.15, 0.2) is 24.3 Å². The summed E-state index contributed by atoms with van der Waals surface area (Å²) in [6, 6.07) is 6.77. The van der Waals surface area contributed by atoms with E-state index in [1.807, 2.05) is 19.1 Å². The van der Waals surface area contributed by atoms with Crippen LogP contribution in [0, 0.1) is 5.82 Å². The summed E-state index contributed by atoms with van der Waals surface area (Å²) >= 11 is 0. The highest BCUT2D eigenvalue weighted by atomic mass is 19.1. The number of benzene rings is 1. The fourth-order valence-corrected chi connectivity index (χ4v) is 1.45. The summed E-state index contributed by atoms with van der Waals surface area (Å²) in [4.78, 5) is 4.20. The van der Waals surface area contributed by atoms with Crippen molar-refractivity contribution in [2.45, 2.75) is 13.3 Å². The van der Waals surface area contributed by atoms with Gasteiger partial charge in [-0.05, 0) is 24.6 Å². The predicted molar refractivity (Wildman–Crippen MR) is 55.5 cm³/mol. The molecule has 0 spiro atoms. The Balaban J connectivity index is 2.75. The van der Waals surface area contributed by atoms with Gasteiger partial charge in [0.1, 0.15) is 5.52 Å². The van der Waals surface area contributed by atoms with E-state index in [1.54, 1.807) is 6.07 Å². The molecule has 0 fully saturated rings. The Hall–Kier alpha value is -1.64. The molecule has 0 aliphatic carbocycles. The molecule has 2 rings (SSSR count). The van der Waals surface area contributed by atoms with E-state index >= 15 is 0 Å². The molecule has 0 aliphatic heterocycles. The van der Waals surface area contributed by atoms with Gasteiger partial charge in [-0.15, -0.1) is 0 Å². The highest BCUT2D eigenvalue weighted by Crippen LogP contribution is 2.19. The molecule has 0 radical (unpaired) electrons. The minimum absolute atomic E-state index is 0.352. The number of fused-ring (bicyclic) bond motifs is 1. The van der Waals surface area contributed by atoms with E-state index in [0.29, 0.717) is 11.2 Å². The lowest BCUT2D eigenvalue weighted by Gasteiger charge is -2.02. The molecular formula is C11H11FN2. The molecule has 1 heterocycles. The Labute approximate surface area is 81.6 Å². The predicted octanol–water partition coefficient (Wildman–Crippen LogP) is 2.52. The fraction of sp³-hybridized carbons (Fsp3) is 0.182. The Morgan fingerprint density at radius 1 is 1.36 bits per heavy atom. The van der Waals surface area contributed by atoms with Crippen molar-refractivity contribution < 1.29 is 4.39 Å². The van der Waals surface area contributed by atoms with Crippen LogP contribution in [0.4, 0.5) is 10.1 Å². The molecule has 0 amide bonds. The molecule has 1 aromatic carbocycles. The number of nitrogens with zero attached hydrogens (tertiary/aromatic N) is 1. The Kier molecular flexibility index (Phi) is 2.08. The van der Waals surface area contributed by atoms with E-state index < -0.39 is 0 Å². The minimum Gasteiger partial charge on any atom is -0.399 e. The Bertz CT molecular complexity index is 480. The third-order valence-electron chi connectivity index (χ3n) is 2.19. The van der Waals surface area contributed by atoms with E-state index in [1.165, 1.54) is 6.07 Å². The second kappa shape index (κ2) is 3.25. The average Bonchev–Trinajstić information content (AvgIpc) is 2.17. The summed E-state index contributed by atoms with van der Waals surface area (Å²) in [7, 11) is 0. The molecule has 0 unspecified atom stereocenters. The number of halogens is 1. The van der Waals surface area contributed by atoms with Crippen LogP contribution in [0.2, 0.25) is 0 Å². The van der Waals surface area contributed by atoms with Crippen LogP contribution >= 0.6 is 0 Å². The van der Waals surface area contributed by atoms with Crippen molar-refractivity contribution in [2.75, 3.05) is 5.73 Å². The van der Waals surface area contributed by atoms with Gasteiger partial charge >= 0.3 is 0 Å². The third-order valence-corrected chi connectivity index (χ3v) is 2.19. The van der Waals surface area contributed by atoms with Gasteiger partial charge in [0, 0.05) is 16.8 Å². The highest BCUT2D eigenvalue weighted by Gasteiger charge is 2.04. The van der Waals surface area contributed by atoms with E-state index in [4.69, 9.17) is 5.73 Å². The van der Waals surface area contributed by atoms with Gasteiger partial charge in [0.05, 0.1) is 0 Å². The number of hydrogen-bond donors (Lipinski definition) is 1. The Morgan fingerprint density at radius 2 is 2.14 bits per heavy atom. The lowest BCUT2D eigenvalue weighted by molar-refractivity contribution is 0.637. The molecule has 0 saturated heterocycles. The lowest BCUT2D eigenvalue weighted by atomic mass is 10.1. The number of aromatic nitrogens is 1. The second-order valence-electron chi connectivity index (χ2n) is 3.23. The van der Waals surface area contributed by atoms with Gasteiger partial charge in [-0.3, -0.25) is 0 Å². The highest BCUT2D eigenvalue weighted by molar-refractivity contribution is 5.82. The Morgan fingerprint density at radius 3 is 2.86 bits per heavy atom. The van der Waals surface area contributed by atoms with Gasteiger partial charge < -0.3 is 5.73 Å². The first-order valence-corrected chi connectivity index (χ1v) is 4.55. The SMILES string of the molecule is CCc1ccc2cc(N)cc(F)c2n1. The van der Waals surface area contributed by atoms with Crippen LogP contribution in [0.3, 0.4) is 0 Å². The number of aryl methyl sites for hydroxylation is 1. The van der Waals surface area contributed by atoms with Crippen LogP contribution in [-0.2, 0) is 6.42 Å². The van der Waals surface area contributed by atoms with Crippen LogP contribution in [0.5, 0.6) is 0 Å². The molecule has 14 heavy (non-hydrogen) atoms. The standard InChI is InChI=1S/C11H11FN2/c1-2-9-4-3-7-5-8(13)6-10(12)11(7)14-9/h3-6H,2,13H2,1H3. The van der Waals surface area contributed by atoms with Crippen molar-refractivity contribution in [1.82, 2.24) is 4.98 Å². The summed E-state index contributed by atoms with van der Waals surface area (Å²) in [5, 5.41) is 0.750. The normalized spacial score (nSPS) is 10.7. The fourth-order valence-electron chi connectivity index (χ4n) is 1.45. The second-order valence-corrected chi connectivity index (χ2v) is 3.23. The van der Waals surface area contributed by atoms with Gasteiger partial charge in [-0.2, -0.15) is 0 Å². The number of nitrogens with two attached hydrogens (primary N) is 1. The zero-order chi connectivity index (χ0) is 10.1. The van der Waals surface area contributed by atoms with E-state index in [2.05, 4.69) is 4.98 Å². The van der Waals surface area contributed by atoms with Gasteiger partial charge in [-0.1, -0.05) is 13.0 Å². The van der Waals surface area contributed by atoms with Crippen molar-refractivity contribution in [3.05, 3.63) is 35.8 Å². The number of anilines is 1. The van der Waals surface area contributed by atoms with Gasteiger partial charge in [0.2, 0.25) is 0 Å². The van der Waals surface area contributed by atoms with E-state index in [9.17, 15) is 4.39 Å². The van der Waals surface area contributed by atoms with Crippen molar-refractivity contribution in [3.63, 3.8) is 0 Å². The van der Waals surface area contributed by atoms with Gasteiger partial charge in [0.25, 0.3) is 0 Å². The maximum Gasteiger partial charge on any atom is 0.151 e. The summed E-state index contributed by atoms with van der Waals surface area (Å²) in [6.07, 6.45) is 0.805. The summed E-state index contributed by atoms with van der Waals surface area (Å²) < 4.78 is 13.4. The summed E-state index contributed by atoms with van der Waals surface area (Å²) in [5.74, 6) is -0.352. The molecular weight excluding hydrogens is 179 g/mol. The van der Waals surface area contributed by atoms with Gasteiger partial charge in [-0.25, -0.2) is 9.37 Å². The molecule has 1 aromatic heterocycles. The third kappa shape index (κ3) is 1.41. The smallest absolute Gasteiger partial charge is 0.151 e. The first-order valence-electron chi connectivity index (χ1n) is 4.55.